The van der Waals surface area contributed by atoms with Gasteiger partial charge in [0.2, 0.25) is 5.95 Å². The van der Waals surface area contributed by atoms with Gasteiger partial charge in [0, 0.05) is 0 Å². The number of rotatable bonds is 0. The zero-order valence-corrected chi connectivity index (χ0v) is 8.20. The van der Waals surface area contributed by atoms with Crippen LogP contribution < -0.4 is 11.3 Å². The number of hydrogen-bond acceptors (Lipinski definition) is 4. The van der Waals surface area contributed by atoms with Gasteiger partial charge >= 0.3 is 0 Å². The molecular weight excluding hydrogens is 273 g/mol. The van der Waals surface area contributed by atoms with Crippen molar-refractivity contribution in [2.75, 3.05) is 5.73 Å². The molecule has 0 aliphatic heterocycles. The van der Waals surface area contributed by atoms with E-state index < -0.39 is 0 Å². The predicted molar refractivity (Wildman–Crippen MR) is 54.3 cm³/mol. The van der Waals surface area contributed by atoms with Gasteiger partial charge in [-0.05, 0) is 0 Å². The standard InChI is InChI=1S/C5H5N5O.HI/c6-5-9-3-2(4(11)10-5)7-1-8-3;/h1H,(H4,6,7,8,9,10,11);1H. The Hall–Kier alpha value is -1.12. The van der Waals surface area contributed by atoms with Gasteiger partial charge in [-0.2, -0.15) is 4.98 Å². The highest BCUT2D eigenvalue weighted by atomic mass is 127. The summed E-state index contributed by atoms with van der Waals surface area (Å²) < 4.78 is 0. The summed E-state index contributed by atoms with van der Waals surface area (Å²) in [5.41, 5.74) is 5.65. The van der Waals surface area contributed by atoms with E-state index in [4.69, 9.17) is 5.73 Å². The number of nitrogen functional groups attached to an aromatic ring is 1. The van der Waals surface area contributed by atoms with E-state index in [1.807, 2.05) is 0 Å². The highest BCUT2D eigenvalue weighted by Crippen LogP contribution is 1.98. The molecule has 0 fully saturated rings. The minimum atomic E-state index is -0.301. The normalized spacial score (nSPS) is 9.67. The molecule has 6 nitrogen and oxygen atoms in total. The average Bonchev–Trinajstić information content (AvgIpc) is 2.34. The second-order valence-corrected chi connectivity index (χ2v) is 2.05. The fraction of sp³-hybridized carbons (Fsp3) is 0. The number of nitrogens with two attached hydrogens (primary N) is 1. The van der Waals surface area contributed by atoms with Crippen LogP contribution in [-0.4, -0.2) is 19.9 Å². The van der Waals surface area contributed by atoms with E-state index in [0.717, 1.165) is 0 Å². The third-order valence-corrected chi connectivity index (χ3v) is 1.31. The Morgan fingerprint density at radius 1 is 1.50 bits per heavy atom. The second kappa shape index (κ2) is 3.09. The second-order valence-electron chi connectivity index (χ2n) is 2.05. The molecule has 0 radical (unpaired) electrons. The van der Waals surface area contributed by atoms with Gasteiger partial charge in [-0.25, -0.2) is 4.98 Å². The van der Waals surface area contributed by atoms with Gasteiger partial charge in [-0.3, -0.25) is 9.78 Å². The number of imidazole rings is 1. The summed E-state index contributed by atoms with van der Waals surface area (Å²) in [7, 11) is 0. The van der Waals surface area contributed by atoms with Crippen LogP contribution in [-0.2, 0) is 0 Å². The Kier molecular flexibility index (Phi) is 2.31. The number of aromatic nitrogens is 4. The van der Waals surface area contributed by atoms with Gasteiger partial charge in [0.05, 0.1) is 6.33 Å². The summed E-state index contributed by atoms with van der Waals surface area (Å²) >= 11 is 0. The van der Waals surface area contributed by atoms with Crippen molar-refractivity contribution in [3.8, 4) is 0 Å². The lowest BCUT2D eigenvalue weighted by Gasteiger charge is -1.89. The lowest BCUT2D eigenvalue weighted by molar-refractivity contribution is 1.17. The minimum Gasteiger partial charge on any atom is -0.369 e. The summed E-state index contributed by atoms with van der Waals surface area (Å²) in [4.78, 5) is 23.5. The molecule has 0 aliphatic carbocycles. The van der Waals surface area contributed by atoms with Crippen molar-refractivity contribution in [2.24, 2.45) is 0 Å². The predicted octanol–water partition coefficient (Wildman–Crippen LogP) is -0.154. The molecule has 2 heterocycles. The molecule has 2 rings (SSSR count). The van der Waals surface area contributed by atoms with Crippen LogP contribution in [0.25, 0.3) is 11.2 Å². The summed E-state index contributed by atoms with van der Waals surface area (Å²) in [6.45, 7) is 0. The fourth-order valence-electron chi connectivity index (χ4n) is 0.860. The van der Waals surface area contributed by atoms with Crippen LogP contribution in [0.4, 0.5) is 5.95 Å². The molecule has 4 N–H and O–H groups in total. The van der Waals surface area contributed by atoms with Crippen LogP contribution in [0, 0.1) is 0 Å². The van der Waals surface area contributed by atoms with E-state index in [1.165, 1.54) is 6.33 Å². The van der Waals surface area contributed by atoms with Crippen LogP contribution in [0.3, 0.4) is 0 Å². The molecule has 0 aromatic carbocycles. The molecule has 0 unspecified atom stereocenters. The zero-order valence-electron chi connectivity index (χ0n) is 5.87. The van der Waals surface area contributed by atoms with Gasteiger partial charge < -0.3 is 10.7 Å². The van der Waals surface area contributed by atoms with Crippen molar-refractivity contribution < 1.29 is 0 Å². The van der Waals surface area contributed by atoms with Crippen LogP contribution in [0.1, 0.15) is 0 Å². The first kappa shape index (κ1) is 8.97. The van der Waals surface area contributed by atoms with Crippen LogP contribution in [0.2, 0.25) is 0 Å². The van der Waals surface area contributed by atoms with E-state index in [1.54, 1.807) is 0 Å². The number of hydrogen-bond donors (Lipinski definition) is 3. The van der Waals surface area contributed by atoms with Crippen molar-refractivity contribution in [1.82, 2.24) is 19.9 Å². The molecule has 0 saturated heterocycles. The van der Waals surface area contributed by atoms with Crippen molar-refractivity contribution in [3.63, 3.8) is 0 Å². The first-order valence-corrected chi connectivity index (χ1v) is 2.96. The molecule has 0 bridgehead atoms. The van der Waals surface area contributed by atoms with Gasteiger partial charge in [0.25, 0.3) is 5.56 Å². The van der Waals surface area contributed by atoms with E-state index in [0.29, 0.717) is 11.2 Å². The Balaban J connectivity index is 0.000000720. The Bertz CT molecular complexity index is 446. The molecule has 0 spiro atoms. The maximum atomic E-state index is 11.0. The smallest absolute Gasteiger partial charge is 0.278 e. The summed E-state index contributed by atoms with van der Waals surface area (Å²) in [5.74, 6) is 0.0783. The number of nitrogens with zero attached hydrogens (tertiary/aromatic N) is 2. The largest absolute Gasteiger partial charge is 0.369 e. The summed E-state index contributed by atoms with van der Waals surface area (Å²) in [5, 5.41) is 0. The first-order chi connectivity index (χ1) is 5.27. The third-order valence-electron chi connectivity index (χ3n) is 1.31. The number of H-pyrrole nitrogens is 2. The number of anilines is 1. The number of halogens is 1. The molecule has 2 aromatic heterocycles. The summed E-state index contributed by atoms with van der Waals surface area (Å²) in [6, 6.07) is 0. The van der Waals surface area contributed by atoms with Gasteiger partial charge in [-0.1, -0.05) is 0 Å². The maximum Gasteiger partial charge on any atom is 0.278 e. The summed E-state index contributed by atoms with van der Waals surface area (Å²) in [6.07, 6.45) is 1.40. The highest BCUT2D eigenvalue weighted by Gasteiger charge is 2.01. The van der Waals surface area contributed by atoms with E-state index in [-0.39, 0.29) is 35.5 Å². The van der Waals surface area contributed by atoms with Crippen LogP contribution >= 0.6 is 24.0 Å². The third kappa shape index (κ3) is 1.26. The molecule has 0 amide bonds. The fourth-order valence-corrected chi connectivity index (χ4v) is 0.860. The van der Waals surface area contributed by atoms with Gasteiger partial charge in [0.1, 0.15) is 0 Å². The molecule has 2 aromatic rings. The van der Waals surface area contributed by atoms with E-state index in [2.05, 4.69) is 19.9 Å². The lowest BCUT2D eigenvalue weighted by atomic mass is 10.5. The number of nitrogens with one attached hydrogen (secondary N) is 2. The van der Waals surface area contributed by atoms with Crippen molar-refractivity contribution >= 4 is 41.1 Å². The molecule has 64 valence electrons. The Morgan fingerprint density at radius 2 is 2.25 bits per heavy atom. The zero-order chi connectivity index (χ0) is 7.84. The van der Waals surface area contributed by atoms with Crippen molar-refractivity contribution in [3.05, 3.63) is 16.7 Å². The highest BCUT2D eigenvalue weighted by molar-refractivity contribution is 14.0. The lowest BCUT2D eigenvalue weighted by Crippen LogP contribution is -2.10. The van der Waals surface area contributed by atoms with Crippen LogP contribution in [0.5, 0.6) is 0 Å². The monoisotopic (exact) mass is 279 g/mol. The molecular formula is C5H6IN5O. The molecule has 0 aliphatic rings. The SMILES string of the molecule is I.Nc1nc2nc[nH]c2c(=O)[nH]1. The topological polar surface area (TPSA) is 100 Å². The Labute approximate surface area is 83.6 Å². The average molecular weight is 279 g/mol. The molecule has 0 atom stereocenters. The molecule has 0 saturated carbocycles. The quantitative estimate of drug-likeness (QED) is 0.583. The van der Waals surface area contributed by atoms with Crippen molar-refractivity contribution in [2.45, 2.75) is 0 Å². The van der Waals surface area contributed by atoms with E-state index in [9.17, 15) is 4.79 Å². The van der Waals surface area contributed by atoms with E-state index >= 15 is 0 Å². The van der Waals surface area contributed by atoms with Crippen LogP contribution in [0.15, 0.2) is 11.1 Å². The molecule has 12 heavy (non-hydrogen) atoms. The molecule has 7 heteroatoms. The first-order valence-electron chi connectivity index (χ1n) is 2.96. The van der Waals surface area contributed by atoms with Gasteiger partial charge in [-0.15, -0.1) is 24.0 Å². The number of fused-ring (bicyclic) bond motifs is 1. The van der Waals surface area contributed by atoms with Gasteiger partial charge in [0.15, 0.2) is 11.2 Å². The van der Waals surface area contributed by atoms with Crippen molar-refractivity contribution in [1.29, 1.82) is 0 Å². The minimum absolute atomic E-state index is 0. The maximum absolute atomic E-state index is 11.0. The Morgan fingerprint density at radius 3 is 3.00 bits per heavy atom. The number of aromatic amines is 2.